The highest BCUT2D eigenvalue weighted by Gasteiger charge is 2.10. The minimum Gasteiger partial charge on any atom is -0.207 e. The number of hydrogen-bond acceptors (Lipinski definition) is 0. The van der Waals surface area contributed by atoms with E-state index in [2.05, 4.69) is 38.1 Å². The Bertz CT molecular complexity index is 543. The minimum absolute atomic E-state index is 0.189. The fraction of sp³-hybridized carbons (Fsp3) is 0.368. The van der Waals surface area contributed by atoms with Gasteiger partial charge in [-0.1, -0.05) is 50.2 Å². The number of rotatable bonds is 6. The van der Waals surface area contributed by atoms with Gasteiger partial charge >= 0.3 is 0 Å². The molecule has 0 aliphatic rings. The Morgan fingerprint density at radius 1 is 0.857 bits per heavy atom. The summed E-state index contributed by atoms with van der Waals surface area (Å²) in [5.74, 6) is 1.36. The van der Waals surface area contributed by atoms with E-state index in [1.807, 2.05) is 12.1 Å². The highest BCUT2D eigenvalue weighted by molar-refractivity contribution is 6.18. The Labute approximate surface area is 132 Å². The molecule has 0 nitrogen and oxygen atoms in total. The predicted molar refractivity (Wildman–Crippen MR) is 88.5 cm³/mol. The highest BCUT2D eigenvalue weighted by Crippen LogP contribution is 2.19. The van der Waals surface area contributed by atoms with Gasteiger partial charge in [0, 0.05) is 5.88 Å². The molecule has 0 heterocycles. The van der Waals surface area contributed by atoms with E-state index in [4.69, 9.17) is 11.6 Å². The van der Waals surface area contributed by atoms with Crippen molar-refractivity contribution in [3.8, 4) is 0 Å². The molecule has 2 aromatic carbocycles. The molecule has 1 unspecified atom stereocenters. The van der Waals surface area contributed by atoms with E-state index in [1.54, 1.807) is 0 Å². The number of hydrogen-bond donors (Lipinski definition) is 0. The van der Waals surface area contributed by atoms with Crippen molar-refractivity contribution in [3.63, 3.8) is 0 Å². The van der Waals surface area contributed by atoms with Crippen LogP contribution in [0.15, 0.2) is 48.5 Å². The Morgan fingerprint density at radius 3 is 1.76 bits per heavy atom. The van der Waals surface area contributed by atoms with Gasteiger partial charge in [-0.05, 0) is 53.5 Å². The molecule has 0 saturated carbocycles. The molecule has 21 heavy (non-hydrogen) atoms. The summed E-state index contributed by atoms with van der Waals surface area (Å²) in [7, 11) is 0. The molecule has 0 N–H and O–H groups in total. The van der Waals surface area contributed by atoms with Gasteiger partial charge in [-0.3, -0.25) is 0 Å². The van der Waals surface area contributed by atoms with Crippen molar-refractivity contribution in [2.24, 2.45) is 5.92 Å². The lowest BCUT2D eigenvalue weighted by Gasteiger charge is -2.15. The van der Waals surface area contributed by atoms with Crippen LogP contribution in [0.1, 0.15) is 36.5 Å². The molecular weight excluding hydrogens is 283 g/mol. The molecule has 0 aliphatic heterocycles. The molecule has 0 bridgehead atoms. The molecule has 0 aromatic heterocycles. The standard InChI is InChI=1S/C19H22ClF/c1-14(2)18-7-3-15(4-8-18)11-17(13-20)12-16-5-9-19(21)10-6-16/h3-10,14,17H,11-13H2,1-2H3. The summed E-state index contributed by atoms with van der Waals surface area (Å²) < 4.78 is 12.9. The molecule has 0 aliphatic carbocycles. The van der Waals surface area contributed by atoms with Gasteiger partial charge in [0.15, 0.2) is 0 Å². The van der Waals surface area contributed by atoms with Crippen molar-refractivity contribution in [2.75, 3.05) is 5.88 Å². The second kappa shape index (κ2) is 7.61. The summed E-state index contributed by atoms with van der Waals surface area (Å²) in [6, 6.07) is 15.5. The van der Waals surface area contributed by atoms with Crippen LogP contribution in [0.4, 0.5) is 4.39 Å². The zero-order valence-corrected chi connectivity index (χ0v) is 13.4. The lowest BCUT2D eigenvalue weighted by molar-refractivity contribution is 0.581. The quantitative estimate of drug-likeness (QED) is 0.610. The molecule has 2 rings (SSSR count). The highest BCUT2D eigenvalue weighted by atomic mass is 35.5. The Hall–Kier alpha value is -1.34. The predicted octanol–water partition coefficient (Wildman–Crippen LogP) is 5.59. The number of benzene rings is 2. The SMILES string of the molecule is CC(C)c1ccc(CC(CCl)Cc2ccc(F)cc2)cc1. The average Bonchev–Trinajstić information content (AvgIpc) is 2.49. The molecule has 0 saturated heterocycles. The number of halogens is 2. The maximum absolute atomic E-state index is 12.9. The van der Waals surface area contributed by atoms with Gasteiger partial charge < -0.3 is 0 Å². The van der Waals surface area contributed by atoms with Crippen LogP contribution >= 0.6 is 11.6 Å². The van der Waals surface area contributed by atoms with E-state index in [9.17, 15) is 4.39 Å². The van der Waals surface area contributed by atoms with Crippen LogP contribution in [-0.4, -0.2) is 5.88 Å². The normalized spacial score (nSPS) is 12.6. The summed E-state index contributed by atoms with van der Waals surface area (Å²) >= 11 is 6.11. The van der Waals surface area contributed by atoms with Crippen molar-refractivity contribution in [1.29, 1.82) is 0 Å². The fourth-order valence-electron chi connectivity index (χ4n) is 2.51. The second-order valence-corrected chi connectivity index (χ2v) is 6.26. The van der Waals surface area contributed by atoms with Crippen molar-refractivity contribution in [3.05, 3.63) is 71.0 Å². The molecule has 0 radical (unpaired) electrons. The first-order valence-corrected chi connectivity index (χ1v) is 8.01. The third-order valence-electron chi connectivity index (χ3n) is 3.83. The smallest absolute Gasteiger partial charge is 0.123 e. The molecular formula is C19H22ClF. The van der Waals surface area contributed by atoms with Crippen molar-refractivity contribution < 1.29 is 4.39 Å². The zero-order valence-electron chi connectivity index (χ0n) is 12.7. The minimum atomic E-state index is -0.189. The lowest BCUT2D eigenvalue weighted by Crippen LogP contribution is -2.10. The van der Waals surface area contributed by atoms with Crippen molar-refractivity contribution in [1.82, 2.24) is 0 Å². The lowest BCUT2D eigenvalue weighted by atomic mass is 9.92. The summed E-state index contributed by atoms with van der Waals surface area (Å²) in [4.78, 5) is 0. The summed E-state index contributed by atoms with van der Waals surface area (Å²) in [5.41, 5.74) is 3.81. The van der Waals surface area contributed by atoms with Crippen molar-refractivity contribution in [2.45, 2.75) is 32.6 Å². The van der Waals surface area contributed by atoms with Crippen LogP contribution < -0.4 is 0 Å². The maximum atomic E-state index is 12.9. The van der Waals surface area contributed by atoms with Crippen LogP contribution in [0.5, 0.6) is 0 Å². The Kier molecular flexibility index (Phi) is 5.81. The van der Waals surface area contributed by atoms with Crippen LogP contribution in [0, 0.1) is 11.7 Å². The first-order chi connectivity index (χ1) is 10.1. The molecule has 0 spiro atoms. The molecule has 1 atom stereocenters. The first kappa shape index (κ1) is 16.0. The zero-order chi connectivity index (χ0) is 15.2. The van der Waals surface area contributed by atoms with E-state index in [0.717, 1.165) is 18.4 Å². The maximum Gasteiger partial charge on any atom is 0.123 e. The molecule has 112 valence electrons. The number of alkyl halides is 1. The Balaban J connectivity index is 1.99. The van der Waals surface area contributed by atoms with Gasteiger partial charge in [-0.2, -0.15) is 0 Å². The van der Waals surface area contributed by atoms with Crippen molar-refractivity contribution >= 4 is 11.6 Å². The fourth-order valence-corrected chi connectivity index (χ4v) is 2.73. The molecule has 2 heteroatoms. The van der Waals surface area contributed by atoms with Gasteiger partial charge in [0.25, 0.3) is 0 Å². The third kappa shape index (κ3) is 4.86. The van der Waals surface area contributed by atoms with Crippen LogP contribution in [-0.2, 0) is 12.8 Å². The van der Waals surface area contributed by atoms with Crippen LogP contribution in [0.2, 0.25) is 0 Å². The van der Waals surface area contributed by atoms with Crippen LogP contribution in [0.25, 0.3) is 0 Å². The summed E-state index contributed by atoms with van der Waals surface area (Å²) in [6.45, 7) is 4.40. The van der Waals surface area contributed by atoms with E-state index < -0.39 is 0 Å². The van der Waals surface area contributed by atoms with Gasteiger partial charge in [-0.25, -0.2) is 4.39 Å². The Morgan fingerprint density at radius 2 is 1.33 bits per heavy atom. The summed E-state index contributed by atoms with van der Waals surface area (Å²) in [5, 5.41) is 0. The van der Waals surface area contributed by atoms with E-state index in [1.165, 1.54) is 23.3 Å². The van der Waals surface area contributed by atoms with E-state index in [0.29, 0.717) is 17.7 Å². The summed E-state index contributed by atoms with van der Waals surface area (Å²) in [6.07, 6.45) is 1.84. The van der Waals surface area contributed by atoms with E-state index >= 15 is 0 Å². The van der Waals surface area contributed by atoms with Gasteiger partial charge in [0.2, 0.25) is 0 Å². The van der Waals surface area contributed by atoms with Gasteiger partial charge in [-0.15, -0.1) is 11.6 Å². The third-order valence-corrected chi connectivity index (χ3v) is 4.26. The molecule has 0 amide bonds. The first-order valence-electron chi connectivity index (χ1n) is 7.47. The molecule has 2 aromatic rings. The van der Waals surface area contributed by atoms with E-state index in [-0.39, 0.29) is 5.82 Å². The largest absolute Gasteiger partial charge is 0.207 e. The van der Waals surface area contributed by atoms with Gasteiger partial charge in [0.05, 0.1) is 0 Å². The van der Waals surface area contributed by atoms with Gasteiger partial charge in [0.1, 0.15) is 5.82 Å². The monoisotopic (exact) mass is 304 g/mol. The second-order valence-electron chi connectivity index (χ2n) is 5.95. The topological polar surface area (TPSA) is 0 Å². The van der Waals surface area contributed by atoms with Crippen LogP contribution in [0.3, 0.4) is 0 Å². The average molecular weight is 305 g/mol. The molecule has 0 fully saturated rings.